The maximum Gasteiger partial charge on any atom is 0.416 e. The Kier molecular flexibility index (Phi) is 6.36. The lowest BCUT2D eigenvalue weighted by Gasteiger charge is -2.30. The number of nitrogens with zero attached hydrogens (tertiary/aromatic N) is 3. The molecule has 1 atom stereocenters. The first kappa shape index (κ1) is 24.0. The largest absolute Gasteiger partial charge is 0.416 e. The zero-order valence-corrected chi connectivity index (χ0v) is 17.4. The Morgan fingerprint density at radius 2 is 1.64 bits per heavy atom. The molecular formula is C23H17F6N3O. The lowest BCUT2D eigenvalue weighted by molar-refractivity contribution is -0.143. The van der Waals surface area contributed by atoms with Crippen molar-refractivity contribution in [1.29, 1.82) is 5.26 Å². The Balaban J connectivity index is 2.08. The first-order valence-electron chi connectivity index (χ1n) is 9.63. The maximum atomic E-state index is 13.2. The molecule has 0 fully saturated rings. The number of aliphatic imine (C=N–C) groups is 1. The number of carbonyl (C=O) groups excluding carboxylic acids is 1. The molecule has 0 N–H and O–H groups in total. The number of aryl methyl sites for hydroxylation is 1. The Hall–Kier alpha value is -3.61. The lowest BCUT2D eigenvalue weighted by Crippen LogP contribution is -2.32. The molecule has 10 heteroatoms. The van der Waals surface area contributed by atoms with E-state index >= 15 is 0 Å². The molecule has 33 heavy (non-hydrogen) atoms. The highest BCUT2D eigenvalue weighted by Crippen LogP contribution is 2.38. The van der Waals surface area contributed by atoms with Crippen molar-refractivity contribution < 1.29 is 31.1 Å². The first-order chi connectivity index (χ1) is 15.3. The van der Waals surface area contributed by atoms with Crippen LogP contribution in [-0.2, 0) is 12.4 Å². The topological polar surface area (TPSA) is 56.5 Å². The van der Waals surface area contributed by atoms with Gasteiger partial charge < -0.3 is 4.90 Å². The van der Waals surface area contributed by atoms with E-state index in [9.17, 15) is 36.4 Å². The third-order valence-corrected chi connectivity index (χ3v) is 5.33. The molecule has 1 aliphatic rings. The van der Waals surface area contributed by atoms with E-state index in [-0.39, 0.29) is 23.9 Å². The third kappa shape index (κ3) is 5.08. The summed E-state index contributed by atoms with van der Waals surface area (Å²) < 4.78 is 79.3. The van der Waals surface area contributed by atoms with Crippen molar-refractivity contribution in [2.75, 3.05) is 7.05 Å². The molecule has 0 radical (unpaired) electrons. The van der Waals surface area contributed by atoms with Crippen LogP contribution in [0.4, 0.5) is 26.3 Å². The number of nitriles is 1. The summed E-state index contributed by atoms with van der Waals surface area (Å²) in [5.74, 6) is -1.60. The molecule has 3 rings (SSSR count). The Labute approximate surface area is 185 Å². The van der Waals surface area contributed by atoms with Gasteiger partial charge in [0.2, 0.25) is 0 Å². The standard InChI is InChI=1S/C23H17F6N3O/c1-13-5-3-4-6-18(13)19-10-17(11-30)31-12-20(19)32(2)21(33)14-7-15(22(24,25)26)9-16(8-14)23(27,28)29/h3-9,12,19H,10H2,1-2H3. The molecule has 1 amide bonds. The fourth-order valence-corrected chi connectivity index (χ4v) is 3.62. The average molecular weight is 465 g/mol. The monoisotopic (exact) mass is 465 g/mol. The summed E-state index contributed by atoms with van der Waals surface area (Å²) in [5.41, 5.74) is -1.89. The average Bonchev–Trinajstić information content (AvgIpc) is 2.76. The van der Waals surface area contributed by atoms with Crippen LogP contribution in [0.3, 0.4) is 0 Å². The van der Waals surface area contributed by atoms with Crippen LogP contribution in [0.1, 0.15) is 45.0 Å². The summed E-state index contributed by atoms with van der Waals surface area (Å²) >= 11 is 0. The van der Waals surface area contributed by atoms with E-state index in [0.717, 1.165) is 16.0 Å². The van der Waals surface area contributed by atoms with E-state index in [0.29, 0.717) is 12.1 Å². The van der Waals surface area contributed by atoms with Gasteiger partial charge in [-0.2, -0.15) is 31.6 Å². The van der Waals surface area contributed by atoms with E-state index < -0.39 is 40.9 Å². The highest BCUT2D eigenvalue weighted by atomic mass is 19.4. The predicted molar refractivity (Wildman–Crippen MR) is 108 cm³/mol. The van der Waals surface area contributed by atoms with Crippen molar-refractivity contribution in [3.63, 3.8) is 0 Å². The molecule has 0 spiro atoms. The van der Waals surface area contributed by atoms with Crippen molar-refractivity contribution in [2.24, 2.45) is 4.99 Å². The van der Waals surface area contributed by atoms with Crippen molar-refractivity contribution in [3.8, 4) is 6.07 Å². The number of hydrogen-bond donors (Lipinski definition) is 0. The second-order valence-corrected chi connectivity index (χ2v) is 7.51. The smallest absolute Gasteiger partial charge is 0.313 e. The Morgan fingerprint density at radius 3 is 2.15 bits per heavy atom. The molecule has 0 aromatic heterocycles. The van der Waals surface area contributed by atoms with Gasteiger partial charge in [-0.15, -0.1) is 0 Å². The second kappa shape index (κ2) is 8.73. The SMILES string of the molecule is Cc1ccccc1C1CC(C#N)=NC=C1N(C)C(=O)c1cc(C(F)(F)F)cc(C(F)(F)F)c1. The van der Waals surface area contributed by atoms with Crippen LogP contribution in [0.15, 0.2) is 59.4 Å². The summed E-state index contributed by atoms with van der Waals surface area (Å²) in [7, 11) is 1.25. The summed E-state index contributed by atoms with van der Waals surface area (Å²) in [6.07, 6.45) is -8.78. The second-order valence-electron chi connectivity index (χ2n) is 7.51. The van der Waals surface area contributed by atoms with E-state index in [1.165, 1.54) is 13.2 Å². The first-order valence-corrected chi connectivity index (χ1v) is 9.63. The van der Waals surface area contributed by atoms with Crippen LogP contribution in [0.25, 0.3) is 0 Å². The molecule has 1 aliphatic heterocycles. The highest BCUT2D eigenvalue weighted by molar-refractivity contribution is 6.01. The van der Waals surface area contributed by atoms with Crippen molar-refractivity contribution in [3.05, 3.63) is 82.2 Å². The van der Waals surface area contributed by atoms with Gasteiger partial charge in [-0.25, -0.2) is 4.99 Å². The van der Waals surface area contributed by atoms with E-state index in [2.05, 4.69) is 4.99 Å². The van der Waals surface area contributed by atoms with Crippen molar-refractivity contribution in [1.82, 2.24) is 4.90 Å². The number of hydrogen-bond acceptors (Lipinski definition) is 3. The summed E-state index contributed by atoms with van der Waals surface area (Å²) in [6, 6.07) is 9.83. The zero-order chi connectivity index (χ0) is 24.6. The number of alkyl halides is 6. The number of carbonyl (C=O) groups is 1. The zero-order valence-electron chi connectivity index (χ0n) is 17.4. The van der Waals surface area contributed by atoms with E-state index in [1.54, 1.807) is 18.2 Å². The third-order valence-electron chi connectivity index (χ3n) is 5.33. The molecular weight excluding hydrogens is 448 g/mol. The minimum atomic E-state index is -5.07. The molecule has 4 nitrogen and oxygen atoms in total. The van der Waals surface area contributed by atoms with Gasteiger partial charge >= 0.3 is 12.4 Å². The van der Waals surface area contributed by atoms with Crippen LogP contribution in [0.2, 0.25) is 0 Å². The molecule has 172 valence electrons. The number of likely N-dealkylation sites (N-methyl/N-ethyl adjacent to an activating group) is 1. The van der Waals surface area contributed by atoms with Crippen molar-refractivity contribution >= 4 is 11.6 Å². The van der Waals surface area contributed by atoms with Crippen LogP contribution in [-0.4, -0.2) is 23.6 Å². The van der Waals surface area contributed by atoms with Gasteiger partial charge in [-0.05, 0) is 36.2 Å². The van der Waals surface area contributed by atoms with Crippen LogP contribution >= 0.6 is 0 Å². The van der Waals surface area contributed by atoms with Gasteiger partial charge in [-0.3, -0.25) is 4.79 Å². The fraction of sp³-hybridized carbons (Fsp3) is 0.261. The lowest BCUT2D eigenvalue weighted by atomic mass is 9.86. The number of halogens is 6. The molecule has 2 aromatic carbocycles. The normalized spacial score (nSPS) is 16.5. The quantitative estimate of drug-likeness (QED) is 0.515. The van der Waals surface area contributed by atoms with Gasteiger partial charge in [-0.1, -0.05) is 24.3 Å². The summed E-state index contributed by atoms with van der Waals surface area (Å²) in [6.45, 7) is 1.81. The molecule has 0 bridgehead atoms. The molecule has 0 saturated heterocycles. The maximum absolute atomic E-state index is 13.2. The van der Waals surface area contributed by atoms with Crippen LogP contribution in [0, 0.1) is 18.3 Å². The number of amides is 1. The van der Waals surface area contributed by atoms with Gasteiger partial charge in [0.25, 0.3) is 5.91 Å². The van der Waals surface area contributed by atoms with Crippen LogP contribution in [0.5, 0.6) is 0 Å². The Bertz CT molecular complexity index is 1160. The molecule has 0 saturated carbocycles. The van der Waals surface area contributed by atoms with Gasteiger partial charge in [0.05, 0.1) is 11.1 Å². The Morgan fingerprint density at radius 1 is 1.06 bits per heavy atom. The van der Waals surface area contributed by atoms with Gasteiger partial charge in [0.1, 0.15) is 11.8 Å². The minimum absolute atomic E-state index is 0.0315. The molecule has 0 aliphatic carbocycles. The number of allylic oxidation sites excluding steroid dienone is 1. The summed E-state index contributed by atoms with van der Waals surface area (Å²) in [5, 5.41) is 9.25. The molecule has 1 unspecified atom stereocenters. The van der Waals surface area contributed by atoms with E-state index in [1.807, 2.05) is 19.1 Å². The molecule has 1 heterocycles. The summed E-state index contributed by atoms with van der Waals surface area (Å²) in [4.78, 5) is 18.0. The van der Waals surface area contributed by atoms with E-state index in [4.69, 9.17) is 0 Å². The number of rotatable bonds is 3. The predicted octanol–water partition coefficient (Wildman–Crippen LogP) is 6.10. The number of benzene rings is 2. The minimum Gasteiger partial charge on any atom is -0.313 e. The molecule has 2 aromatic rings. The van der Waals surface area contributed by atoms with Crippen LogP contribution < -0.4 is 0 Å². The van der Waals surface area contributed by atoms with Gasteiger partial charge in [0, 0.05) is 36.8 Å². The highest BCUT2D eigenvalue weighted by Gasteiger charge is 2.38. The fourth-order valence-electron chi connectivity index (χ4n) is 3.62. The van der Waals surface area contributed by atoms with Crippen molar-refractivity contribution in [2.45, 2.75) is 31.6 Å². The van der Waals surface area contributed by atoms with Gasteiger partial charge in [0.15, 0.2) is 0 Å².